The number of hydrogen-bond acceptors (Lipinski definition) is 2. The molecule has 0 amide bonds. The van der Waals surface area contributed by atoms with Crippen LogP contribution < -0.4 is 0 Å². The maximum absolute atomic E-state index is 2.91. The van der Waals surface area contributed by atoms with Crippen molar-refractivity contribution in [2.75, 3.05) is 26.2 Å². The van der Waals surface area contributed by atoms with Gasteiger partial charge in [0.15, 0.2) is 0 Å². The second kappa shape index (κ2) is 7.00. The lowest BCUT2D eigenvalue weighted by atomic mass is 9.79. The first-order valence-electron chi connectivity index (χ1n) is 9.63. The second-order valence-electron chi connectivity index (χ2n) is 8.43. The molecule has 0 aromatic rings. The first-order chi connectivity index (χ1) is 10.1. The minimum atomic E-state index is 0.798. The van der Waals surface area contributed by atoms with E-state index in [-0.39, 0.29) is 0 Å². The maximum atomic E-state index is 2.91. The predicted octanol–water partition coefficient (Wildman–Crippen LogP) is 4.01. The topological polar surface area (TPSA) is 6.48 Å². The molecule has 2 nitrogen and oxygen atoms in total. The van der Waals surface area contributed by atoms with Crippen LogP contribution in [0.1, 0.15) is 65.7 Å². The molecule has 2 heteroatoms. The van der Waals surface area contributed by atoms with E-state index in [1.54, 1.807) is 0 Å². The zero-order chi connectivity index (χ0) is 14.8. The Kier molecular flexibility index (Phi) is 5.27. The van der Waals surface area contributed by atoms with Crippen molar-refractivity contribution in [3.8, 4) is 0 Å². The summed E-state index contributed by atoms with van der Waals surface area (Å²) in [4.78, 5) is 5.72. The molecule has 0 spiro atoms. The summed E-state index contributed by atoms with van der Waals surface area (Å²) in [5.74, 6) is 2.72. The van der Waals surface area contributed by atoms with Gasteiger partial charge in [-0.15, -0.1) is 0 Å². The molecule has 0 aromatic carbocycles. The highest BCUT2D eigenvalue weighted by atomic mass is 15.3. The third-order valence-corrected chi connectivity index (χ3v) is 6.61. The molecule has 0 aromatic heterocycles. The van der Waals surface area contributed by atoms with Crippen LogP contribution in [0.2, 0.25) is 0 Å². The summed E-state index contributed by atoms with van der Waals surface area (Å²) >= 11 is 0. The number of hydrogen-bond donors (Lipinski definition) is 0. The fourth-order valence-corrected chi connectivity index (χ4v) is 5.08. The van der Waals surface area contributed by atoms with Crippen molar-refractivity contribution >= 4 is 0 Å². The fraction of sp³-hybridized carbons (Fsp3) is 1.00. The molecule has 1 aliphatic carbocycles. The molecule has 3 fully saturated rings. The molecule has 2 aliphatic heterocycles. The molecular formula is C19H36N2. The Morgan fingerprint density at radius 1 is 0.952 bits per heavy atom. The standard InChI is InChI=1S/C19H36N2/c1-15(2)19-14-20-11-7-6-10-18(20)13-21(19)12-17-9-5-4-8-16(17)3/h15-19H,4-14H2,1-3H3. The van der Waals surface area contributed by atoms with Gasteiger partial charge in [-0.2, -0.15) is 0 Å². The molecule has 0 radical (unpaired) electrons. The highest BCUT2D eigenvalue weighted by molar-refractivity contribution is 4.93. The molecule has 0 bridgehead atoms. The molecule has 4 unspecified atom stereocenters. The largest absolute Gasteiger partial charge is 0.298 e. The third kappa shape index (κ3) is 3.64. The van der Waals surface area contributed by atoms with Crippen LogP contribution in [0, 0.1) is 17.8 Å². The van der Waals surface area contributed by atoms with Crippen LogP contribution in [-0.4, -0.2) is 48.1 Å². The van der Waals surface area contributed by atoms with Gasteiger partial charge in [-0.25, -0.2) is 0 Å². The first kappa shape index (κ1) is 15.8. The number of piperazine rings is 1. The van der Waals surface area contributed by atoms with Crippen LogP contribution in [0.3, 0.4) is 0 Å². The summed E-state index contributed by atoms with van der Waals surface area (Å²) in [5, 5.41) is 0. The van der Waals surface area contributed by atoms with Gasteiger partial charge in [-0.05, 0) is 43.6 Å². The molecular weight excluding hydrogens is 256 g/mol. The van der Waals surface area contributed by atoms with E-state index in [0.717, 1.165) is 29.8 Å². The van der Waals surface area contributed by atoms with Crippen LogP contribution in [0.5, 0.6) is 0 Å². The monoisotopic (exact) mass is 292 g/mol. The van der Waals surface area contributed by atoms with E-state index >= 15 is 0 Å². The fourth-order valence-electron chi connectivity index (χ4n) is 5.08. The minimum absolute atomic E-state index is 0.798. The number of nitrogens with zero attached hydrogens (tertiary/aromatic N) is 2. The van der Waals surface area contributed by atoms with Crippen molar-refractivity contribution in [1.29, 1.82) is 0 Å². The van der Waals surface area contributed by atoms with Crippen molar-refractivity contribution in [2.24, 2.45) is 17.8 Å². The Morgan fingerprint density at radius 3 is 2.48 bits per heavy atom. The van der Waals surface area contributed by atoms with Gasteiger partial charge in [0.2, 0.25) is 0 Å². The average molecular weight is 293 g/mol. The van der Waals surface area contributed by atoms with Gasteiger partial charge in [-0.3, -0.25) is 9.80 Å². The number of rotatable bonds is 3. The lowest BCUT2D eigenvalue weighted by molar-refractivity contribution is -0.0213. The highest BCUT2D eigenvalue weighted by Crippen LogP contribution is 2.33. The van der Waals surface area contributed by atoms with Crippen molar-refractivity contribution in [3.63, 3.8) is 0 Å². The summed E-state index contributed by atoms with van der Waals surface area (Å²) in [5.41, 5.74) is 0. The van der Waals surface area contributed by atoms with Gasteiger partial charge in [0, 0.05) is 31.7 Å². The van der Waals surface area contributed by atoms with Crippen LogP contribution in [0.4, 0.5) is 0 Å². The van der Waals surface area contributed by atoms with E-state index in [9.17, 15) is 0 Å². The summed E-state index contributed by atoms with van der Waals surface area (Å²) in [6.45, 7) is 12.8. The van der Waals surface area contributed by atoms with Gasteiger partial charge in [-0.1, -0.05) is 46.5 Å². The molecule has 1 saturated carbocycles. The Bertz CT molecular complexity index is 328. The van der Waals surface area contributed by atoms with Crippen molar-refractivity contribution in [2.45, 2.75) is 77.8 Å². The summed E-state index contributed by atoms with van der Waals surface area (Å²) in [6.07, 6.45) is 10.2. The SMILES string of the molecule is CC(C)C1CN2CCCCC2CN1CC1CCCCC1C. The van der Waals surface area contributed by atoms with Gasteiger partial charge in [0.25, 0.3) is 0 Å². The van der Waals surface area contributed by atoms with E-state index in [0.29, 0.717) is 0 Å². The predicted molar refractivity (Wildman–Crippen MR) is 90.5 cm³/mol. The van der Waals surface area contributed by atoms with Crippen molar-refractivity contribution in [1.82, 2.24) is 9.80 Å². The molecule has 4 atom stereocenters. The molecule has 3 aliphatic rings. The lowest BCUT2D eigenvalue weighted by Gasteiger charge is -2.51. The molecule has 2 heterocycles. The van der Waals surface area contributed by atoms with E-state index < -0.39 is 0 Å². The first-order valence-corrected chi connectivity index (χ1v) is 9.63. The minimum Gasteiger partial charge on any atom is -0.298 e. The number of fused-ring (bicyclic) bond motifs is 1. The smallest absolute Gasteiger partial charge is 0.0247 e. The Hall–Kier alpha value is -0.0800. The van der Waals surface area contributed by atoms with E-state index in [4.69, 9.17) is 0 Å². The van der Waals surface area contributed by atoms with Crippen molar-refractivity contribution < 1.29 is 0 Å². The van der Waals surface area contributed by atoms with Gasteiger partial charge in [0.1, 0.15) is 0 Å². The summed E-state index contributed by atoms with van der Waals surface area (Å²) in [7, 11) is 0. The maximum Gasteiger partial charge on any atom is 0.0247 e. The molecule has 2 saturated heterocycles. The normalized spacial score (nSPS) is 39.4. The summed E-state index contributed by atoms with van der Waals surface area (Å²) < 4.78 is 0. The van der Waals surface area contributed by atoms with E-state index in [2.05, 4.69) is 30.6 Å². The molecule has 0 N–H and O–H groups in total. The summed E-state index contributed by atoms with van der Waals surface area (Å²) in [6, 6.07) is 1.67. The zero-order valence-corrected chi connectivity index (χ0v) is 14.6. The highest BCUT2D eigenvalue weighted by Gasteiger charge is 2.37. The van der Waals surface area contributed by atoms with Crippen molar-refractivity contribution in [3.05, 3.63) is 0 Å². The lowest BCUT2D eigenvalue weighted by Crippen LogP contribution is -2.61. The van der Waals surface area contributed by atoms with Gasteiger partial charge in [0.05, 0.1) is 0 Å². The van der Waals surface area contributed by atoms with Crippen LogP contribution in [0.25, 0.3) is 0 Å². The second-order valence-corrected chi connectivity index (χ2v) is 8.43. The molecule has 3 rings (SSSR count). The average Bonchev–Trinajstić information content (AvgIpc) is 2.48. The van der Waals surface area contributed by atoms with Gasteiger partial charge < -0.3 is 0 Å². The Balaban J connectivity index is 1.65. The molecule has 21 heavy (non-hydrogen) atoms. The number of piperidine rings is 1. The Morgan fingerprint density at radius 2 is 1.71 bits per heavy atom. The van der Waals surface area contributed by atoms with E-state index in [1.165, 1.54) is 71.1 Å². The van der Waals surface area contributed by atoms with Crippen LogP contribution in [-0.2, 0) is 0 Å². The zero-order valence-electron chi connectivity index (χ0n) is 14.6. The Labute approximate surface area is 132 Å². The quantitative estimate of drug-likeness (QED) is 0.775. The molecule has 122 valence electrons. The third-order valence-electron chi connectivity index (χ3n) is 6.61. The van der Waals surface area contributed by atoms with Gasteiger partial charge >= 0.3 is 0 Å². The van der Waals surface area contributed by atoms with E-state index in [1.807, 2.05) is 0 Å². The van der Waals surface area contributed by atoms with Crippen LogP contribution in [0.15, 0.2) is 0 Å². The van der Waals surface area contributed by atoms with Crippen LogP contribution >= 0.6 is 0 Å².